The Hall–Kier alpha value is -0.850. The number of amides is 1. The lowest BCUT2D eigenvalue weighted by Crippen LogP contribution is -2.46. The number of nitrogens with two attached hydrogens (primary N) is 1. The fourth-order valence-corrected chi connectivity index (χ4v) is 3.07. The second-order valence-corrected chi connectivity index (χ2v) is 6.46. The molecule has 1 heterocycles. The molecule has 3 N–H and O–H groups in total. The molecule has 0 bridgehead atoms. The second-order valence-electron chi connectivity index (χ2n) is 6.46. The molecule has 0 saturated carbocycles. The molecule has 5 nitrogen and oxygen atoms in total. The molecule has 1 aromatic rings. The van der Waals surface area contributed by atoms with Crippen LogP contribution in [-0.2, 0) is 16.0 Å². The number of nitrogens with zero attached hydrogens (tertiary/aromatic N) is 1. The first-order valence-corrected chi connectivity index (χ1v) is 8.49. The van der Waals surface area contributed by atoms with Crippen LogP contribution in [0.15, 0.2) is 30.3 Å². The summed E-state index contributed by atoms with van der Waals surface area (Å²) in [5, 5.41) is 2.94. The maximum atomic E-state index is 12.0. The third-order valence-electron chi connectivity index (χ3n) is 4.08. The summed E-state index contributed by atoms with van der Waals surface area (Å²) < 4.78 is 5.72. The van der Waals surface area contributed by atoms with E-state index in [4.69, 9.17) is 10.5 Å². The first-order valence-electron chi connectivity index (χ1n) is 8.49. The summed E-state index contributed by atoms with van der Waals surface area (Å²) in [6, 6.07) is 9.39. The first-order chi connectivity index (χ1) is 11.0. The minimum atomic E-state index is -0.485. The van der Waals surface area contributed by atoms with Crippen LogP contribution in [0.4, 0.5) is 0 Å². The van der Waals surface area contributed by atoms with E-state index in [9.17, 15) is 4.79 Å². The summed E-state index contributed by atoms with van der Waals surface area (Å²) in [5.74, 6) is -0.0717. The molecule has 2 rings (SSSR count). The maximum absolute atomic E-state index is 12.0. The molecule has 1 saturated heterocycles. The van der Waals surface area contributed by atoms with E-state index in [1.54, 1.807) is 0 Å². The molecular formula is C18H31Cl2N3O2. The smallest absolute Gasteiger partial charge is 0.237 e. The van der Waals surface area contributed by atoms with Gasteiger partial charge in [0, 0.05) is 26.2 Å². The lowest BCUT2D eigenvalue weighted by Gasteiger charge is -2.35. The molecule has 1 amide bonds. The number of morpholine rings is 1. The van der Waals surface area contributed by atoms with Gasteiger partial charge in [-0.2, -0.15) is 0 Å². The Bertz CT molecular complexity index is 480. The van der Waals surface area contributed by atoms with Crippen molar-refractivity contribution in [3.8, 4) is 0 Å². The van der Waals surface area contributed by atoms with Crippen molar-refractivity contribution >= 4 is 30.7 Å². The van der Waals surface area contributed by atoms with Crippen LogP contribution in [0, 0.1) is 0 Å². The fourth-order valence-electron chi connectivity index (χ4n) is 3.07. The molecule has 0 aliphatic carbocycles. The van der Waals surface area contributed by atoms with Crippen LogP contribution >= 0.6 is 24.8 Å². The van der Waals surface area contributed by atoms with Crippen LogP contribution in [0.1, 0.15) is 25.8 Å². The Balaban J connectivity index is 0.00000288. The van der Waals surface area contributed by atoms with Gasteiger partial charge in [-0.05, 0) is 32.3 Å². The minimum Gasteiger partial charge on any atom is -0.373 e. The van der Waals surface area contributed by atoms with E-state index in [2.05, 4.69) is 24.1 Å². The topological polar surface area (TPSA) is 67.6 Å². The van der Waals surface area contributed by atoms with Crippen molar-refractivity contribution in [2.75, 3.05) is 26.2 Å². The third-order valence-corrected chi connectivity index (χ3v) is 4.08. The van der Waals surface area contributed by atoms with Gasteiger partial charge in [-0.15, -0.1) is 24.8 Å². The summed E-state index contributed by atoms with van der Waals surface area (Å²) in [6.07, 6.45) is 2.08. The summed E-state index contributed by atoms with van der Waals surface area (Å²) in [5.41, 5.74) is 7.06. The summed E-state index contributed by atoms with van der Waals surface area (Å²) in [6.45, 7) is 7.78. The van der Waals surface area contributed by atoms with Gasteiger partial charge in [0.15, 0.2) is 0 Å². The van der Waals surface area contributed by atoms with Crippen molar-refractivity contribution in [3.63, 3.8) is 0 Å². The zero-order chi connectivity index (χ0) is 16.7. The predicted molar refractivity (Wildman–Crippen MR) is 107 cm³/mol. The van der Waals surface area contributed by atoms with Gasteiger partial charge < -0.3 is 15.8 Å². The quantitative estimate of drug-likeness (QED) is 0.697. The highest BCUT2D eigenvalue weighted by Gasteiger charge is 2.21. The number of hydrogen-bond donors (Lipinski definition) is 2. The van der Waals surface area contributed by atoms with Crippen molar-refractivity contribution < 1.29 is 9.53 Å². The summed E-state index contributed by atoms with van der Waals surface area (Å²) >= 11 is 0. The lowest BCUT2D eigenvalue weighted by atomic mass is 10.1. The molecule has 144 valence electrons. The maximum Gasteiger partial charge on any atom is 0.237 e. The number of halogens is 2. The van der Waals surface area contributed by atoms with Gasteiger partial charge in [0.25, 0.3) is 0 Å². The predicted octanol–water partition coefficient (Wildman–Crippen LogP) is 2.02. The molecule has 1 aliphatic rings. The molecule has 0 aromatic heterocycles. The van der Waals surface area contributed by atoms with Crippen molar-refractivity contribution in [3.05, 3.63) is 35.9 Å². The van der Waals surface area contributed by atoms with E-state index in [0.717, 1.165) is 31.6 Å². The van der Waals surface area contributed by atoms with Crippen LogP contribution in [0.2, 0.25) is 0 Å². The molecule has 25 heavy (non-hydrogen) atoms. The van der Waals surface area contributed by atoms with Crippen molar-refractivity contribution in [1.82, 2.24) is 10.2 Å². The SMILES string of the molecule is CC1CN(CCCNC(=O)C(N)Cc2ccccc2)CC(C)O1.Cl.Cl. The van der Waals surface area contributed by atoms with E-state index in [-0.39, 0.29) is 42.9 Å². The summed E-state index contributed by atoms with van der Waals surface area (Å²) in [7, 11) is 0. The normalized spacial score (nSPS) is 21.6. The van der Waals surface area contributed by atoms with Gasteiger partial charge in [-0.3, -0.25) is 9.69 Å². The first kappa shape index (κ1) is 24.1. The Morgan fingerprint density at radius 1 is 1.24 bits per heavy atom. The Kier molecular flexibility index (Phi) is 12.1. The number of nitrogens with one attached hydrogen (secondary N) is 1. The monoisotopic (exact) mass is 391 g/mol. The molecule has 0 spiro atoms. The minimum absolute atomic E-state index is 0. The van der Waals surface area contributed by atoms with Crippen LogP contribution in [0.25, 0.3) is 0 Å². The number of rotatable bonds is 7. The Labute approximate surface area is 163 Å². The van der Waals surface area contributed by atoms with E-state index in [1.165, 1.54) is 0 Å². The van der Waals surface area contributed by atoms with Gasteiger partial charge in [0.05, 0.1) is 18.2 Å². The fraction of sp³-hybridized carbons (Fsp3) is 0.611. The third kappa shape index (κ3) is 8.88. The second kappa shape index (κ2) is 12.5. The van der Waals surface area contributed by atoms with Crippen LogP contribution in [0.5, 0.6) is 0 Å². The highest BCUT2D eigenvalue weighted by Crippen LogP contribution is 2.10. The van der Waals surface area contributed by atoms with Crippen molar-refractivity contribution in [2.45, 2.75) is 44.9 Å². The number of hydrogen-bond acceptors (Lipinski definition) is 4. The largest absolute Gasteiger partial charge is 0.373 e. The van der Waals surface area contributed by atoms with Gasteiger partial charge >= 0.3 is 0 Å². The Morgan fingerprint density at radius 3 is 2.44 bits per heavy atom. The van der Waals surface area contributed by atoms with Gasteiger partial charge in [-0.25, -0.2) is 0 Å². The van der Waals surface area contributed by atoms with E-state index in [1.807, 2.05) is 30.3 Å². The Morgan fingerprint density at radius 2 is 1.84 bits per heavy atom. The molecule has 3 unspecified atom stereocenters. The molecule has 7 heteroatoms. The molecule has 3 atom stereocenters. The van der Waals surface area contributed by atoms with Crippen LogP contribution in [-0.4, -0.2) is 55.2 Å². The van der Waals surface area contributed by atoms with Gasteiger partial charge in [-0.1, -0.05) is 30.3 Å². The lowest BCUT2D eigenvalue weighted by molar-refractivity contribution is -0.122. The average Bonchev–Trinajstić information content (AvgIpc) is 2.51. The highest BCUT2D eigenvalue weighted by molar-refractivity contribution is 5.85. The summed E-state index contributed by atoms with van der Waals surface area (Å²) in [4.78, 5) is 14.4. The number of benzene rings is 1. The molecular weight excluding hydrogens is 361 g/mol. The zero-order valence-electron chi connectivity index (χ0n) is 15.0. The average molecular weight is 392 g/mol. The number of carbonyl (C=O) groups excluding carboxylic acids is 1. The molecule has 1 fully saturated rings. The van der Waals surface area contributed by atoms with Crippen molar-refractivity contribution in [2.24, 2.45) is 5.73 Å². The van der Waals surface area contributed by atoms with Crippen molar-refractivity contribution in [1.29, 1.82) is 0 Å². The van der Waals surface area contributed by atoms with Crippen LogP contribution < -0.4 is 11.1 Å². The van der Waals surface area contributed by atoms with Gasteiger partial charge in [0.1, 0.15) is 0 Å². The van der Waals surface area contributed by atoms with E-state index in [0.29, 0.717) is 13.0 Å². The van der Waals surface area contributed by atoms with Crippen LogP contribution in [0.3, 0.4) is 0 Å². The molecule has 1 aliphatic heterocycles. The number of carbonyl (C=O) groups is 1. The van der Waals surface area contributed by atoms with Gasteiger partial charge in [0.2, 0.25) is 5.91 Å². The zero-order valence-corrected chi connectivity index (χ0v) is 16.7. The molecule has 0 radical (unpaired) electrons. The molecule has 1 aromatic carbocycles. The van der Waals surface area contributed by atoms with E-state index >= 15 is 0 Å². The van der Waals surface area contributed by atoms with E-state index < -0.39 is 6.04 Å². The standard InChI is InChI=1S/C18H29N3O2.2ClH/c1-14-12-21(13-15(2)23-14)10-6-9-20-18(22)17(19)11-16-7-4-3-5-8-16;;/h3-5,7-8,14-15,17H,6,9-13,19H2,1-2H3,(H,20,22);2*1H. The number of ether oxygens (including phenoxy) is 1. The highest BCUT2D eigenvalue weighted by atomic mass is 35.5.